The molecule has 2 aliphatic rings. The van der Waals surface area contributed by atoms with Crippen LogP contribution >= 0.6 is 0 Å². The van der Waals surface area contributed by atoms with Crippen molar-refractivity contribution in [1.82, 2.24) is 15.5 Å². The van der Waals surface area contributed by atoms with E-state index in [1.807, 2.05) is 42.5 Å². The lowest BCUT2D eigenvalue weighted by molar-refractivity contribution is 0.0954. The van der Waals surface area contributed by atoms with Crippen LogP contribution in [-0.4, -0.2) is 29.4 Å². The number of hydrogen-bond donors (Lipinski definition) is 2. The van der Waals surface area contributed by atoms with E-state index in [-0.39, 0.29) is 18.3 Å². The molecule has 1 aromatic heterocycles. The Morgan fingerprint density at radius 2 is 1.84 bits per heavy atom. The van der Waals surface area contributed by atoms with Gasteiger partial charge in [-0.1, -0.05) is 18.2 Å². The van der Waals surface area contributed by atoms with Gasteiger partial charge < -0.3 is 14.8 Å². The molecule has 1 aliphatic carbocycles. The first-order chi connectivity index (χ1) is 15.7. The highest BCUT2D eigenvalue weighted by atomic mass is 16.7. The molecule has 0 atom stereocenters. The van der Waals surface area contributed by atoms with Crippen molar-refractivity contribution in [3.8, 4) is 11.5 Å². The van der Waals surface area contributed by atoms with E-state index in [4.69, 9.17) is 9.47 Å². The van der Waals surface area contributed by atoms with E-state index in [9.17, 15) is 9.59 Å². The molecule has 0 spiro atoms. The Labute approximate surface area is 185 Å². The molecule has 2 heterocycles. The average molecular weight is 431 g/mol. The van der Waals surface area contributed by atoms with E-state index in [2.05, 4.69) is 15.5 Å². The van der Waals surface area contributed by atoms with E-state index < -0.39 is 0 Å². The van der Waals surface area contributed by atoms with Crippen LogP contribution in [0.15, 0.2) is 47.3 Å². The molecular formula is C25H25N3O4. The Morgan fingerprint density at radius 1 is 1.00 bits per heavy atom. The van der Waals surface area contributed by atoms with Gasteiger partial charge in [0.05, 0.1) is 5.69 Å². The zero-order chi connectivity index (χ0) is 21.9. The number of hydrogen-bond acceptors (Lipinski definition) is 5. The minimum atomic E-state index is -0.107. The molecule has 164 valence electrons. The van der Waals surface area contributed by atoms with E-state index in [0.29, 0.717) is 24.9 Å². The molecule has 0 fully saturated rings. The van der Waals surface area contributed by atoms with Crippen molar-refractivity contribution in [2.45, 2.75) is 38.5 Å². The van der Waals surface area contributed by atoms with Gasteiger partial charge >= 0.3 is 0 Å². The number of rotatable bonds is 6. The predicted molar refractivity (Wildman–Crippen MR) is 119 cm³/mol. The molecule has 7 nitrogen and oxygen atoms in total. The summed E-state index contributed by atoms with van der Waals surface area (Å²) in [4.78, 5) is 24.8. The van der Waals surface area contributed by atoms with Gasteiger partial charge in [0.1, 0.15) is 0 Å². The molecule has 0 unspecified atom stereocenters. The van der Waals surface area contributed by atoms with E-state index >= 15 is 0 Å². The minimum Gasteiger partial charge on any atom is -0.454 e. The highest BCUT2D eigenvalue weighted by Crippen LogP contribution is 2.32. The second-order valence-corrected chi connectivity index (χ2v) is 8.23. The molecule has 0 radical (unpaired) electrons. The topological polar surface area (TPSA) is 93.3 Å². The molecule has 0 saturated heterocycles. The lowest BCUT2D eigenvalue weighted by Crippen LogP contribution is -2.26. The van der Waals surface area contributed by atoms with Gasteiger partial charge in [-0.25, -0.2) is 5.10 Å². The Balaban J connectivity index is 1.23. The first kappa shape index (κ1) is 20.3. The maximum Gasteiger partial charge on any atom is 0.267 e. The zero-order valence-corrected chi connectivity index (χ0v) is 17.8. The van der Waals surface area contributed by atoms with Gasteiger partial charge in [0.15, 0.2) is 11.5 Å². The number of benzene rings is 2. The van der Waals surface area contributed by atoms with Crippen molar-refractivity contribution in [2.24, 2.45) is 0 Å². The first-order valence-corrected chi connectivity index (χ1v) is 11.0. The monoisotopic (exact) mass is 431 g/mol. The summed E-state index contributed by atoms with van der Waals surface area (Å²) >= 11 is 0. The van der Waals surface area contributed by atoms with Gasteiger partial charge in [0, 0.05) is 24.1 Å². The van der Waals surface area contributed by atoms with Gasteiger partial charge in [-0.05, 0) is 73.1 Å². The lowest BCUT2D eigenvalue weighted by atomic mass is 9.90. The van der Waals surface area contributed by atoms with Gasteiger partial charge in [0.2, 0.25) is 6.79 Å². The molecular weight excluding hydrogens is 406 g/mol. The third-order valence-electron chi connectivity index (χ3n) is 6.08. The van der Waals surface area contributed by atoms with Gasteiger partial charge in [-0.2, -0.15) is 5.10 Å². The maximum absolute atomic E-state index is 12.7. The number of amides is 1. The zero-order valence-electron chi connectivity index (χ0n) is 17.8. The second-order valence-electron chi connectivity index (χ2n) is 8.23. The summed E-state index contributed by atoms with van der Waals surface area (Å²) in [7, 11) is 0. The number of carbonyl (C=O) groups excluding carboxylic acids is 1. The van der Waals surface area contributed by atoms with Crippen molar-refractivity contribution < 1.29 is 14.3 Å². The number of carbonyl (C=O) groups is 1. The standard InChI is InChI=1S/C25H25N3O4/c29-24(26-11-10-16-8-9-22-23(14-16)32-15-31-22)18-5-3-4-17(12-18)13-21-19-6-1-2-7-20(19)25(30)28-27-21/h3-5,8-9,12,14H,1-2,6-7,10-11,13,15H2,(H,26,29)(H,28,30). The van der Waals surface area contributed by atoms with Crippen LogP contribution in [0.5, 0.6) is 11.5 Å². The first-order valence-electron chi connectivity index (χ1n) is 11.0. The molecule has 5 rings (SSSR count). The summed E-state index contributed by atoms with van der Waals surface area (Å²) in [5.41, 5.74) is 5.49. The summed E-state index contributed by atoms with van der Waals surface area (Å²) in [6, 6.07) is 13.4. The number of fused-ring (bicyclic) bond motifs is 2. The highest BCUT2D eigenvalue weighted by Gasteiger charge is 2.18. The third kappa shape index (κ3) is 4.23. The average Bonchev–Trinajstić information content (AvgIpc) is 3.29. The number of nitrogens with zero attached hydrogens (tertiary/aromatic N) is 1. The number of aromatic amines is 1. The Hall–Kier alpha value is -3.61. The van der Waals surface area contributed by atoms with Gasteiger partial charge in [-0.15, -0.1) is 0 Å². The smallest absolute Gasteiger partial charge is 0.267 e. The lowest BCUT2D eigenvalue weighted by Gasteiger charge is -2.17. The van der Waals surface area contributed by atoms with E-state index in [0.717, 1.165) is 65.1 Å². The van der Waals surface area contributed by atoms with Crippen molar-refractivity contribution in [2.75, 3.05) is 13.3 Å². The van der Waals surface area contributed by atoms with E-state index in [1.165, 1.54) is 0 Å². The Morgan fingerprint density at radius 3 is 2.75 bits per heavy atom. The summed E-state index contributed by atoms with van der Waals surface area (Å²) in [6.45, 7) is 0.779. The van der Waals surface area contributed by atoms with E-state index in [1.54, 1.807) is 0 Å². The third-order valence-corrected chi connectivity index (χ3v) is 6.08. The quantitative estimate of drug-likeness (QED) is 0.626. The van der Waals surface area contributed by atoms with Crippen LogP contribution in [0.25, 0.3) is 0 Å². The fraction of sp³-hybridized carbons (Fsp3) is 0.320. The molecule has 32 heavy (non-hydrogen) atoms. The van der Waals surface area contributed by atoms with Crippen LogP contribution in [-0.2, 0) is 25.7 Å². The summed E-state index contributed by atoms with van der Waals surface area (Å²) in [5, 5.41) is 9.94. The van der Waals surface area contributed by atoms with Crippen LogP contribution in [0, 0.1) is 0 Å². The molecule has 0 saturated carbocycles. The fourth-order valence-corrected chi connectivity index (χ4v) is 4.41. The van der Waals surface area contributed by atoms with Crippen LogP contribution in [0.2, 0.25) is 0 Å². The van der Waals surface area contributed by atoms with Crippen LogP contribution in [0.1, 0.15) is 51.1 Å². The molecule has 1 amide bonds. The maximum atomic E-state index is 12.7. The summed E-state index contributed by atoms with van der Waals surface area (Å²) in [5.74, 6) is 1.40. The molecule has 2 aromatic carbocycles. The van der Waals surface area contributed by atoms with Crippen molar-refractivity contribution >= 4 is 5.91 Å². The number of H-pyrrole nitrogens is 1. The summed E-state index contributed by atoms with van der Waals surface area (Å²) in [6.07, 6.45) is 5.12. The summed E-state index contributed by atoms with van der Waals surface area (Å²) < 4.78 is 10.7. The number of aromatic nitrogens is 2. The van der Waals surface area contributed by atoms with Crippen LogP contribution in [0.4, 0.5) is 0 Å². The predicted octanol–water partition coefficient (Wildman–Crippen LogP) is 2.94. The van der Waals surface area contributed by atoms with Gasteiger partial charge in [0.25, 0.3) is 11.5 Å². The number of ether oxygens (including phenoxy) is 2. The van der Waals surface area contributed by atoms with Crippen molar-refractivity contribution in [1.29, 1.82) is 0 Å². The SMILES string of the molecule is O=C(NCCc1ccc2c(c1)OCO2)c1cccc(Cc2n[nH]c(=O)c3c2CCCC3)c1. The molecule has 3 aromatic rings. The van der Waals surface area contributed by atoms with Crippen LogP contribution < -0.4 is 20.3 Å². The number of nitrogens with one attached hydrogen (secondary N) is 2. The highest BCUT2D eigenvalue weighted by molar-refractivity contribution is 5.94. The minimum absolute atomic E-state index is 0.0703. The van der Waals surface area contributed by atoms with Crippen LogP contribution in [0.3, 0.4) is 0 Å². The Kier molecular flexibility index (Phi) is 5.62. The molecule has 7 heteroatoms. The second kappa shape index (κ2) is 8.86. The van der Waals surface area contributed by atoms with Crippen molar-refractivity contribution in [3.63, 3.8) is 0 Å². The normalized spacial score (nSPS) is 14.1. The fourth-order valence-electron chi connectivity index (χ4n) is 4.41. The van der Waals surface area contributed by atoms with Crippen molar-refractivity contribution in [3.05, 3.63) is 86.3 Å². The Bertz CT molecular complexity index is 1220. The largest absolute Gasteiger partial charge is 0.454 e. The van der Waals surface area contributed by atoms with Gasteiger partial charge in [-0.3, -0.25) is 9.59 Å². The molecule has 1 aliphatic heterocycles. The molecule has 2 N–H and O–H groups in total. The molecule has 0 bridgehead atoms.